The molecule has 0 unspecified atom stereocenters. The minimum Gasteiger partial charge on any atom is -0.328 e. The first kappa shape index (κ1) is 10.2. The smallest absolute Gasteiger partial charge is 0.129 e. The molecule has 0 aliphatic heterocycles. The molecule has 2 rings (SSSR count). The van der Waals surface area contributed by atoms with Crippen molar-refractivity contribution in [3.05, 3.63) is 36.0 Å². The molecule has 0 saturated carbocycles. The lowest BCUT2D eigenvalue weighted by Gasteiger charge is -2.11. The summed E-state index contributed by atoms with van der Waals surface area (Å²) in [5, 5.41) is 0.509. The normalized spacial score (nSPS) is 10.9. The van der Waals surface area contributed by atoms with Gasteiger partial charge in [0.15, 0.2) is 0 Å². The monoisotopic (exact) mass is 221 g/mol. The van der Waals surface area contributed by atoms with Crippen LogP contribution >= 0.6 is 11.6 Å². The second-order valence-corrected chi connectivity index (χ2v) is 4.04. The summed E-state index contributed by atoms with van der Waals surface area (Å²) >= 11 is 5.74. The quantitative estimate of drug-likeness (QED) is 0.730. The summed E-state index contributed by atoms with van der Waals surface area (Å²) in [7, 11) is 0. The van der Waals surface area contributed by atoms with Gasteiger partial charge in [0.2, 0.25) is 0 Å². The predicted molar refractivity (Wildman–Crippen MR) is 60.9 cm³/mol. The first-order valence-corrected chi connectivity index (χ1v) is 5.20. The molecule has 3 nitrogen and oxygen atoms in total. The van der Waals surface area contributed by atoms with Crippen LogP contribution in [0.5, 0.6) is 0 Å². The minimum atomic E-state index is 0.387. The van der Waals surface area contributed by atoms with Gasteiger partial charge in [-0.3, -0.25) is 0 Å². The van der Waals surface area contributed by atoms with E-state index in [1.54, 1.807) is 12.3 Å². The Hall–Kier alpha value is -1.35. The molecule has 0 N–H and O–H groups in total. The van der Waals surface area contributed by atoms with Crippen LogP contribution in [0.3, 0.4) is 0 Å². The molecule has 2 aromatic heterocycles. The highest BCUT2D eigenvalue weighted by atomic mass is 35.5. The number of aromatic nitrogens is 3. The van der Waals surface area contributed by atoms with Gasteiger partial charge in [0.1, 0.15) is 5.15 Å². The molecule has 0 radical (unpaired) electrons. The Bertz CT molecular complexity index is 445. The molecule has 0 amide bonds. The molecule has 4 heteroatoms. The average molecular weight is 222 g/mol. The van der Waals surface area contributed by atoms with Gasteiger partial charge < -0.3 is 4.57 Å². The van der Waals surface area contributed by atoms with Gasteiger partial charge >= 0.3 is 0 Å². The fourth-order valence-electron chi connectivity index (χ4n) is 1.47. The zero-order valence-electron chi connectivity index (χ0n) is 8.68. The lowest BCUT2D eigenvalue weighted by atomic mass is 10.2. The zero-order valence-corrected chi connectivity index (χ0v) is 9.44. The Balaban J connectivity index is 2.45. The van der Waals surface area contributed by atoms with E-state index in [4.69, 9.17) is 11.6 Å². The molecule has 0 saturated heterocycles. The van der Waals surface area contributed by atoms with E-state index in [0.29, 0.717) is 11.2 Å². The largest absolute Gasteiger partial charge is 0.328 e. The molecule has 0 atom stereocenters. The topological polar surface area (TPSA) is 30.7 Å². The van der Waals surface area contributed by atoms with E-state index in [1.807, 2.05) is 18.6 Å². The van der Waals surface area contributed by atoms with Gasteiger partial charge in [-0.15, -0.1) is 0 Å². The van der Waals surface area contributed by atoms with Crippen LogP contribution in [-0.2, 0) is 0 Å². The van der Waals surface area contributed by atoms with Crippen LogP contribution in [0.1, 0.15) is 19.9 Å². The van der Waals surface area contributed by atoms with E-state index in [1.165, 1.54) is 0 Å². The standard InChI is InChI=1S/C11H12ClN3/c1-8(2)15-7-13-6-10(15)9-3-4-11(12)14-5-9/h3-8H,1-2H3. The van der Waals surface area contributed by atoms with E-state index < -0.39 is 0 Å². The molecule has 2 aromatic rings. The molecule has 0 spiro atoms. The molecular formula is C11H12ClN3. The highest BCUT2D eigenvalue weighted by Crippen LogP contribution is 2.22. The van der Waals surface area contributed by atoms with E-state index in [9.17, 15) is 0 Å². The number of halogens is 1. The highest BCUT2D eigenvalue weighted by Gasteiger charge is 2.07. The predicted octanol–water partition coefficient (Wildman–Crippen LogP) is 3.18. The summed E-state index contributed by atoms with van der Waals surface area (Å²) in [6.45, 7) is 4.24. The number of hydrogen-bond donors (Lipinski definition) is 0. The third-order valence-corrected chi connectivity index (χ3v) is 2.47. The maximum absolute atomic E-state index is 5.74. The number of imidazole rings is 1. The number of rotatable bonds is 2. The number of hydrogen-bond acceptors (Lipinski definition) is 2. The molecule has 0 fully saturated rings. The van der Waals surface area contributed by atoms with Gasteiger partial charge in [0.05, 0.1) is 18.2 Å². The van der Waals surface area contributed by atoms with E-state index in [2.05, 4.69) is 28.4 Å². The Labute approximate surface area is 93.7 Å². The van der Waals surface area contributed by atoms with Crippen LogP contribution < -0.4 is 0 Å². The number of nitrogens with zero attached hydrogens (tertiary/aromatic N) is 3. The SMILES string of the molecule is CC(C)n1cncc1-c1ccc(Cl)nc1. The van der Waals surface area contributed by atoms with Gasteiger partial charge in [0, 0.05) is 17.8 Å². The Morgan fingerprint density at radius 1 is 1.27 bits per heavy atom. The summed E-state index contributed by atoms with van der Waals surface area (Å²) in [6.07, 6.45) is 5.43. The van der Waals surface area contributed by atoms with Crippen LogP contribution in [0, 0.1) is 0 Å². The maximum Gasteiger partial charge on any atom is 0.129 e. The molecule has 15 heavy (non-hydrogen) atoms. The zero-order chi connectivity index (χ0) is 10.8. The lowest BCUT2D eigenvalue weighted by Crippen LogP contribution is -2.00. The third-order valence-electron chi connectivity index (χ3n) is 2.25. The molecule has 0 aromatic carbocycles. The van der Waals surface area contributed by atoms with Crippen LogP contribution in [-0.4, -0.2) is 14.5 Å². The molecule has 78 valence electrons. The summed E-state index contributed by atoms with van der Waals surface area (Å²) in [6, 6.07) is 4.12. The Morgan fingerprint density at radius 3 is 2.67 bits per heavy atom. The van der Waals surface area contributed by atoms with Crippen molar-refractivity contribution >= 4 is 11.6 Å². The van der Waals surface area contributed by atoms with E-state index >= 15 is 0 Å². The summed E-state index contributed by atoms with van der Waals surface area (Å²) in [5.74, 6) is 0. The van der Waals surface area contributed by atoms with Gasteiger partial charge in [0.25, 0.3) is 0 Å². The van der Waals surface area contributed by atoms with Crippen LogP contribution in [0.2, 0.25) is 5.15 Å². The molecule has 0 aliphatic carbocycles. The van der Waals surface area contributed by atoms with Crippen molar-refractivity contribution in [3.8, 4) is 11.3 Å². The van der Waals surface area contributed by atoms with E-state index in [-0.39, 0.29) is 0 Å². The van der Waals surface area contributed by atoms with Crippen molar-refractivity contribution in [1.29, 1.82) is 0 Å². The third kappa shape index (κ3) is 2.02. The minimum absolute atomic E-state index is 0.387. The van der Waals surface area contributed by atoms with Crippen molar-refractivity contribution in [1.82, 2.24) is 14.5 Å². The van der Waals surface area contributed by atoms with Crippen molar-refractivity contribution in [2.45, 2.75) is 19.9 Å². The van der Waals surface area contributed by atoms with Gasteiger partial charge in [-0.05, 0) is 26.0 Å². The first-order chi connectivity index (χ1) is 7.18. The molecule has 0 aliphatic rings. The molecule has 2 heterocycles. The van der Waals surface area contributed by atoms with Gasteiger partial charge in [-0.2, -0.15) is 0 Å². The maximum atomic E-state index is 5.74. The summed E-state index contributed by atoms with van der Waals surface area (Å²) in [5.41, 5.74) is 2.10. The highest BCUT2D eigenvalue weighted by molar-refractivity contribution is 6.29. The summed E-state index contributed by atoms with van der Waals surface area (Å²) < 4.78 is 2.10. The lowest BCUT2D eigenvalue weighted by molar-refractivity contribution is 0.605. The molecule has 0 bridgehead atoms. The fourth-order valence-corrected chi connectivity index (χ4v) is 1.58. The Kier molecular flexibility index (Phi) is 2.73. The van der Waals surface area contributed by atoms with Gasteiger partial charge in [-0.1, -0.05) is 11.6 Å². The fraction of sp³-hybridized carbons (Fsp3) is 0.273. The summed E-state index contributed by atoms with van der Waals surface area (Å²) in [4.78, 5) is 8.20. The van der Waals surface area contributed by atoms with Crippen molar-refractivity contribution in [2.75, 3.05) is 0 Å². The first-order valence-electron chi connectivity index (χ1n) is 4.82. The van der Waals surface area contributed by atoms with Crippen molar-refractivity contribution in [2.24, 2.45) is 0 Å². The Morgan fingerprint density at radius 2 is 2.07 bits per heavy atom. The van der Waals surface area contributed by atoms with Crippen LogP contribution in [0.25, 0.3) is 11.3 Å². The van der Waals surface area contributed by atoms with Crippen LogP contribution in [0.4, 0.5) is 0 Å². The van der Waals surface area contributed by atoms with Crippen molar-refractivity contribution in [3.63, 3.8) is 0 Å². The second kappa shape index (κ2) is 4.03. The van der Waals surface area contributed by atoms with Crippen LogP contribution in [0.15, 0.2) is 30.9 Å². The van der Waals surface area contributed by atoms with E-state index in [0.717, 1.165) is 11.3 Å². The van der Waals surface area contributed by atoms with Crippen molar-refractivity contribution < 1.29 is 0 Å². The number of pyridine rings is 1. The van der Waals surface area contributed by atoms with Gasteiger partial charge in [-0.25, -0.2) is 9.97 Å². The average Bonchev–Trinajstić information content (AvgIpc) is 2.67. The molecular weight excluding hydrogens is 210 g/mol. The second-order valence-electron chi connectivity index (χ2n) is 3.65.